The molecule has 2 atom stereocenters. The van der Waals surface area contributed by atoms with Crippen molar-refractivity contribution in [3.05, 3.63) is 101 Å². The van der Waals surface area contributed by atoms with Gasteiger partial charge in [-0.15, -0.1) is 0 Å². The number of hydrogen-bond donors (Lipinski definition) is 1. The number of rotatable bonds is 11. The minimum absolute atomic E-state index is 0.0685. The molecule has 184 valence electrons. The van der Waals surface area contributed by atoms with Gasteiger partial charge < -0.3 is 15.0 Å². The van der Waals surface area contributed by atoms with Crippen LogP contribution in [-0.4, -0.2) is 35.4 Å². The zero-order valence-electron chi connectivity index (χ0n) is 19.9. The Morgan fingerprint density at radius 2 is 1.66 bits per heavy atom. The van der Waals surface area contributed by atoms with E-state index < -0.39 is 17.8 Å². The second-order valence-electron chi connectivity index (χ2n) is 8.38. The first-order valence-electron chi connectivity index (χ1n) is 11.6. The number of ether oxygens (including phenoxy) is 1. The third-order valence-corrected chi connectivity index (χ3v) is 6.00. The van der Waals surface area contributed by atoms with Crippen molar-refractivity contribution in [2.24, 2.45) is 0 Å². The van der Waals surface area contributed by atoms with Gasteiger partial charge in [-0.2, -0.15) is 0 Å². The lowest BCUT2D eigenvalue weighted by molar-refractivity contribution is -0.143. The lowest BCUT2D eigenvalue weighted by Crippen LogP contribution is -2.53. The van der Waals surface area contributed by atoms with Crippen LogP contribution < -0.4 is 10.1 Å². The van der Waals surface area contributed by atoms with Crippen LogP contribution in [0.1, 0.15) is 31.4 Å². The van der Waals surface area contributed by atoms with Crippen LogP contribution >= 0.6 is 11.6 Å². The number of hydrogen-bond acceptors (Lipinski definition) is 3. The molecule has 0 aromatic heterocycles. The second-order valence-corrected chi connectivity index (χ2v) is 8.82. The average Bonchev–Trinajstić information content (AvgIpc) is 2.87. The highest BCUT2D eigenvalue weighted by Crippen LogP contribution is 2.19. The number of amides is 2. The molecule has 2 amide bonds. The fourth-order valence-corrected chi connectivity index (χ4v) is 3.69. The Bertz CT molecular complexity index is 1110. The molecule has 0 radical (unpaired) electrons. The number of nitrogens with zero attached hydrogens (tertiary/aromatic N) is 1. The van der Waals surface area contributed by atoms with Gasteiger partial charge in [-0.25, -0.2) is 4.39 Å². The third kappa shape index (κ3) is 7.82. The Hall–Kier alpha value is -3.38. The number of carbonyl (C=O) groups is 2. The maximum absolute atomic E-state index is 14.6. The largest absolute Gasteiger partial charge is 0.484 e. The molecule has 5 nitrogen and oxygen atoms in total. The highest BCUT2D eigenvalue weighted by molar-refractivity contribution is 6.30. The van der Waals surface area contributed by atoms with Crippen LogP contribution in [0, 0.1) is 5.82 Å². The molecule has 0 heterocycles. The van der Waals surface area contributed by atoms with Gasteiger partial charge >= 0.3 is 0 Å². The van der Waals surface area contributed by atoms with E-state index >= 15 is 0 Å². The summed E-state index contributed by atoms with van der Waals surface area (Å²) in [6.07, 6.45) is 1.02. The molecule has 3 rings (SSSR count). The molecule has 0 saturated carbocycles. The van der Waals surface area contributed by atoms with Crippen molar-refractivity contribution in [3.63, 3.8) is 0 Å². The molecule has 0 aliphatic carbocycles. The number of halogens is 2. The third-order valence-electron chi connectivity index (χ3n) is 5.75. The topological polar surface area (TPSA) is 58.6 Å². The normalized spacial score (nSPS) is 12.5. The summed E-state index contributed by atoms with van der Waals surface area (Å²) in [6.45, 7) is 3.50. The van der Waals surface area contributed by atoms with Gasteiger partial charge in [0.05, 0.1) is 0 Å². The van der Waals surface area contributed by atoms with E-state index in [1.54, 1.807) is 42.5 Å². The van der Waals surface area contributed by atoms with Crippen LogP contribution in [0.4, 0.5) is 4.39 Å². The molecular formula is C28H30ClFN2O3. The first kappa shape index (κ1) is 26.2. The molecular weight excluding hydrogens is 467 g/mol. The van der Waals surface area contributed by atoms with E-state index in [0.29, 0.717) is 16.3 Å². The number of benzene rings is 3. The van der Waals surface area contributed by atoms with Crippen molar-refractivity contribution in [1.82, 2.24) is 10.2 Å². The van der Waals surface area contributed by atoms with Crippen molar-refractivity contribution < 1.29 is 18.7 Å². The summed E-state index contributed by atoms with van der Waals surface area (Å²) in [4.78, 5) is 28.3. The Morgan fingerprint density at radius 1 is 1.00 bits per heavy atom. The van der Waals surface area contributed by atoms with E-state index in [0.717, 1.165) is 12.0 Å². The molecule has 0 spiro atoms. The molecule has 0 bridgehead atoms. The van der Waals surface area contributed by atoms with Crippen molar-refractivity contribution in [2.75, 3.05) is 6.61 Å². The summed E-state index contributed by atoms with van der Waals surface area (Å²) in [5, 5.41) is 3.53. The lowest BCUT2D eigenvalue weighted by atomic mass is 10.0. The van der Waals surface area contributed by atoms with Crippen LogP contribution in [-0.2, 0) is 22.6 Å². The van der Waals surface area contributed by atoms with Crippen LogP contribution in [0.25, 0.3) is 0 Å². The smallest absolute Gasteiger partial charge is 0.261 e. The molecule has 7 heteroatoms. The first-order valence-corrected chi connectivity index (χ1v) is 12.0. The van der Waals surface area contributed by atoms with E-state index in [-0.39, 0.29) is 31.5 Å². The predicted octanol–water partition coefficient (Wildman–Crippen LogP) is 5.41. The summed E-state index contributed by atoms with van der Waals surface area (Å²) in [6, 6.07) is 21.4. The van der Waals surface area contributed by atoms with Gasteiger partial charge in [0, 0.05) is 29.6 Å². The summed E-state index contributed by atoms with van der Waals surface area (Å²) in [7, 11) is 0. The average molecular weight is 497 g/mol. The van der Waals surface area contributed by atoms with Gasteiger partial charge in [-0.1, -0.05) is 67.1 Å². The van der Waals surface area contributed by atoms with Crippen molar-refractivity contribution in [3.8, 4) is 5.75 Å². The van der Waals surface area contributed by atoms with Gasteiger partial charge in [-0.3, -0.25) is 9.59 Å². The molecule has 3 aromatic rings. The zero-order chi connectivity index (χ0) is 25.2. The zero-order valence-corrected chi connectivity index (χ0v) is 20.7. The minimum Gasteiger partial charge on any atom is -0.484 e. The number of carbonyl (C=O) groups excluding carboxylic acids is 2. The lowest BCUT2D eigenvalue weighted by Gasteiger charge is -2.32. The molecule has 0 fully saturated rings. The highest BCUT2D eigenvalue weighted by atomic mass is 35.5. The van der Waals surface area contributed by atoms with Crippen molar-refractivity contribution >= 4 is 23.4 Å². The first-order chi connectivity index (χ1) is 16.9. The van der Waals surface area contributed by atoms with Crippen molar-refractivity contribution in [1.29, 1.82) is 0 Å². The van der Waals surface area contributed by atoms with Gasteiger partial charge in [0.25, 0.3) is 5.91 Å². The van der Waals surface area contributed by atoms with E-state index in [2.05, 4.69) is 5.32 Å². The van der Waals surface area contributed by atoms with Crippen LogP contribution in [0.5, 0.6) is 5.75 Å². The SMILES string of the molecule is CC[C@H](C)NC(=O)[C@H](Cc1ccccc1)N(Cc1ccccc1F)C(=O)COc1ccc(Cl)cc1. The van der Waals surface area contributed by atoms with Crippen LogP contribution in [0.2, 0.25) is 5.02 Å². The standard InChI is InChI=1S/C28H30ClFN2O3/c1-3-20(2)31-28(34)26(17-21-9-5-4-6-10-21)32(18-22-11-7-8-12-25(22)30)27(33)19-35-24-15-13-23(29)14-16-24/h4-16,20,26H,3,17-19H2,1-2H3,(H,31,34)/t20-,26-/m0/s1. The highest BCUT2D eigenvalue weighted by Gasteiger charge is 2.31. The fourth-order valence-electron chi connectivity index (χ4n) is 3.56. The Labute approximate surface area is 210 Å². The van der Waals surface area contributed by atoms with Gasteiger partial charge in [-0.05, 0) is 49.2 Å². The summed E-state index contributed by atoms with van der Waals surface area (Å²) in [5.41, 5.74) is 1.21. The summed E-state index contributed by atoms with van der Waals surface area (Å²) >= 11 is 5.93. The van der Waals surface area contributed by atoms with E-state index in [9.17, 15) is 14.0 Å². The second kappa shape index (κ2) is 12.9. The molecule has 0 saturated heterocycles. The Balaban J connectivity index is 1.91. The summed E-state index contributed by atoms with van der Waals surface area (Å²) < 4.78 is 20.3. The Morgan fingerprint density at radius 3 is 2.31 bits per heavy atom. The molecule has 0 aliphatic rings. The number of nitrogens with one attached hydrogen (secondary N) is 1. The van der Waals surface area contributed by atoms with Gasteiger partial charge in [0.1, 0.15) is 17.6 Å². The minimum atomic E-state index is -0.854. The monoisotopic (exact) mass is 496 g/mol. The Kier molecular flexibility index (Phi) is 9.67. The molecule has 35 heavy (non-hydrogen) atoms. The molecule has 0 aliphatic heterocycles. The van der Waals surface area contributed by atoms with E-state index in [1.165, 1.54) is 11.0 Å². The van der Waals surface area contributed by atoms with E-state index in [4.69, 9.17) is 16.3 Å². The quantitative estimate of drug-likeness (QED) is 0.386. The van der Waals surface area contributed by atoms with Gasteiger partial charge in [0.15, 0.2) is 6.61 Å². The van der Waals surface area contributed by atoms with Crippen molar-refractivity contribution in [2.45, 2.75) is 45.3 Å². The molecule has 3 aromatic carbocycles. The fraction of sp³-hybridized carbons (Fsp3) is 0.286. The van der Waals surface area contributed by atoms with Crippen LogP contribution in [0.15, 0.2) is 78.9 Å². The van der Waals surface area contributed by atoms with E-state index in [1.807, 2.05) is 44.2 Å². The summed E-state index contributed by atoms with van der Waals surface area (Å²) in [5.74, 6) is -0.690. The maximum atomic E-state index is 14.6. The maximum Gasteiger partial charge on any atom is 0.261 e. The molecule has 0 unspecified atom stereocenters. The van der Waals surface area contributed by atoms with Crippen LogP contribution in [0.3, 0.4) is 0 Å². The van der Waals surface area contributed by atoms with Gasteiger partial charge in [0.2, 0.25) is 5.91 Å². The molecule has 1 N–H and O–H groups in total. The predicted molar refractivity (Wildman–Crippen MR) is 136 cm³/mol.